The van der Waals surface area contributed by atoms with Crippen LogP contribution in [0, 0.1) is 18.8 Å². The van der Waals surface area contributed by atoms with E-state index in [1.54, 1.807) is 0 Å². The van der Waals surface area contributed by atoms with Gasteiger partial charge in [0.1, 0.15) is 0 Å². The number of fused-ring (bicyclic) bond motifs is 1. The van der Waals surface area contributed by atoms with Crippen LogP contribution in [0.1, 0.15) is 36.9 Å². The number of nitrogens with one attached hydrogen (secondary N) is 2. The van der Waals surface area contributed by atoms with Crippen molar-refractivity contribution in [3.8, 4) is 0 Å². The van der Waals surface area contributed by atoms with Crippen molar-refractivity contribution in [2.75, 3.05) is 44.6 Å². The number of rotatable bonds is 7. The van der Waals surface area contributed by atoms with Crippen LogP contribution in [0.5, 0.6) is 0 Å². The number of urea groups is 1. The first kappa shape index (κ1) is 26.2. The number of benzene rings is 2. The summed E-state index contributed by atoms with van der Waals surface area (Å²) in [5.41, 5.74) is 3.91. The van der Waals surface area contributed by atoms with E-state index in [1.807, 2.05) is 37.3 Å². The Hall–Kier alpha value is -3.45. The minimum absolute atomic E-state index is 0.136. The molecule has 0 bridgehead atoms. The molecule has 2 aliphatic heterocycles. The fraction of sp³-hybridized carbons (Fsp3) is 0.452. The maximum atomic E-state index is 13.2. The van der Waals surface area contributed by atoms with Gasteiger partial charge in [0.25, 0.3) is 0 Å². The molecule has 1 aromatic heterocycles. The summed E-state index contributed by atoms with van der Waals surface area (Å²) in [5, 5.41) is 6.89. The van der Waals surface area contributed by atoms with Crippen molar-refractivity contribution in [2.24, 2.45) is 11.8 Å². The van der Waals surface area contributed by atoms with Gasteiger partial charge in [-0.15, -0.1) is 0 Å². The van der Waals surface area contributed by atoms with Gasteiger partial charge in [-0.2, -0.15) is 0 Å². The lowest BCUT2D eigenvalue weighted by molar-refractivity contribution is -0.138. The Balaban J connectivity index is 1.00. The highest BCUT2D eigenvalue weighted by Crippen LogP contribution is 2.26. The summed E-state index contributed by atoms with van der Waals surface area (Å²) in [6, 6.07) is 20.2. The molecule has 2 fully saturated rings. The van der Waals surface area contributed by atoms with E-state index in [9.17, 15) is 9.59 Å². The number of nitrogens with zero attached hydrogens (tertiary/aromatic N) is 3. The first-order valence-electron chi connectivity index (χ1n) is 14.0. The Morgan fingerprint density at radius 2 is 1.63 bits per heavy atom. The SMILES string of the molecule is Cc1cc(NC(=O)NCCN2CCC(C(=O)N3CCC(Cc4ccccc4)CC3)CC2)c2ccccc2n1. The van der Waals surface area contributed by atoms with Gasteiger partial charge in [0, 0.05) is 43.2 Å². The standard InChI is InChI=1S/C31H39N5O2/c1-23-21-29(27-9-5-6-10-28(27)33-23)34-31(38)32-15-20-35-16-13-26(14-17-35)30(37)36-18-11-25(12-19-36)22-24-7-3-2-4-8-24/h2-10,21,25-26H,11-20,22H2,1H3,(H2,32,33,34,38). The van der Waals surface area contributed by atoms with Crippen molar-refractivity contribution >= 4 is 28.5 Å². The van der Waals surface area contributed by atoms with Crippen LogP contribution in [0.15, 0.2) is 60.7 Å². The summed E-state index contributed by atoms with van der Waals surface area (Å²) in [6.07, 6.45) is 5.12. The summed E-state index contributed by atoms with van der Waals surface area (Å²) in [7, 11) is 0. The van der Waals surface area contributed by atoms with Gasteiger partial charge in [-0.25, -0.2) is 4.79 Å². The van der Waals surface area contributed by atoms with Crippen molar-refractivity contribution in [1.29, 1.82) is 0 Å². The van der Waals surface area contributed by atoms with E-state index >= 15 is 0 Å². The molecule has 0 spiro atoms. The number of aryl methyl sites for hydroxylation is 1. The third-order valence-corrected chi connectivity index (χ3v) is 8.04. The van der Waals surface area contributed by atoms with Gasteiger partial charge in [-0.3, -0.25) is 9.78 Å². The van der Waals surface area contributed by atoms with E-state index in [4.69, 9.17) is 0 Å². The van der Waals surface area contributed by atoms with E-state index in [1.165, 1.54) is 5.56 Å². The Morgan fingerprint density at radius 3 is 2.39 bits per heavy atom. The van der Waals surface area contributed by atoms with Crippen molar-refractivity contribution in [3.05, 3.63) is 71.9 Å². The van der Waals surface area contributed by atoms with Crippen LogP contribution in [0.4, 0.5) is 10.5 Å². The number of amides is 3. The fourth-order valence-corrected chi connectivity index (χ4v) is 5.87. The molecule has 2 N–H and O–H groups in total. The largest absolute Gasteiger partial charge is 0.342 e. The Bertz CT molecular complexity index is 1230. The van der Waals surface area contributed by atoms with Crippen molar-refractivity contribution in [3.63, 3.8) is 0 Å². The number of para-hydroxylation sites is 1. The lowest BCUT2D eigenvalue weighted by Crippen LogP contribution is -2.46. The second-order valence-electron chi connectivity index (χ2n) is 10.8. The molecule has 0 unspecified atom stereocenters. The molecule has 5 rings (SSSR count). The Labute approximate surface area is 225 Å². The van der Waals surface area contributed by atoms with Crippen LogP contribution >= 0.6 is 0 Å². The number of aromatic nitrogens is 1. The molecule has 2 aliphatic rings. The normalized spacial score (nSPS) is 17.4. The van der Waals surface area contributed by atoms with Crippen LogP contribution in [-0.4, -0.2) is 66.0 Å². The average Bonchev–Trinajstić information content (AvgIpc) is 2.94. The summed E-state index contributed by atoms with van der Waals surface area (Å²) >= 11 is 0. The maximum Gasteiger partial charge on any atom is 0.319 e. The van der Waals surface area contributed by atoms with E-state index in [-0.39, 0.29) is 11.9 Å². The number of piperidine rings is 2. The van der Waals surface area contributed by atoms with Gasteiger partial charge in [-0.1, -0.05) is 48.5 Å². The molecule has 3 aromatic rings. The number of hydrogen-bond acceptors (Lipinski definition) is 4. The highest BCUT2D eigenvalue weighted by molar-refractivity contribution is 6.00. The zero-order valence-electron chi connectivity index (χ0n) is 22.4. The van der Waals surface area contributed by atoms with Crippen LogP contribution < -0.4 is 10.6 Å². The lowest BCUT2D eigenvalue weighted by atomic mass is 9.88. The first-order chi connectivity index (χ1) is 18.5. The van der Waals surface area contributed by atoms with Crippen molar-refractivity contribution in [1.82, 2.24) is 20.1 Å². The zero-order chi connectivity index (χ0) is 26.3. The third kappa shape index (κ3) is 6.70. The number of pyridine rings is 1. The monoisotopic (exact) mass is 513 g/mol. The van der Waals surface area contributed by atoms with E-state index in [0.29, 0.717) is 18.4 Å². The van der Waals surface area contributed by atoms with Crippen LogP contribution in [-0.2, 0) is 11.2 Å². The van der Waals surface area contributed by atoms with Crippen molar-refractivity contribution < 1.29 is 9.59 Å². The third-order valence-electron chi connectivity index (χ3n) is 8.04. The molecule has 7 nitrogen and oxygen atoms in total. The molecular weight excluding hydrogens is 474 g/mol. The Kier molecular flexibility index (Phi) is 8.54. The molecule has 0 atom stereocenters. The van der Waals surface area contributed by atoms with Crippen molar-refractivity contribution in [2.45, 2.75) is 39.0 Å². The second kappa shape index (κ2) is 12.4. The zero-order valence-corrected chi connectivity index (χ0v) is 22.4. The minimum atomic E-state index is -0.207. The number of carbonyl (C=O) groups is 2. The highest BCUT2D eigenvalue weighted by atomic mass is 16.2. The second-order valence-corrected chi connectivity index (χ2v) is 10.8. The highest BCUT2D eigenvalue weighted by Gasteiger charge is 2.30. The van der Waals surface area contributed by atoms with Gasteiger partial charge in [0.2, 0.25) is 5.91 Å². The average molecular weight is 514 g/mol. The molecule has 200 valence electrons. The van der Waals surface area contributed by atoms with E-state index in [2.05, 4.69) is 55.7 Å². The molecule has 0 aliphatic carbocycles. The molecular formula is C31H39N5O2. The predicted molar refractivity (Wildman–Crippen MR) is 152 cm³/mol. The number of carbonyl (C=O) groups excluding carboxylic acids is 2. The van der Waals surface area contributed by atoms with Gasteiger partial charge >= 0.3 is 6.03 Å². The quantitative estimate of drug-likeness (QED) is 0.473. The summed E-state index contributed by atoms with van der Waals surface area (Å²) in [6.45, 7) is 6.87. The van der Waals surface area contributed by atoms with Gasteiger partial charge in [0.05, 0.1) is 11.2 Å². The summed E-state index contributed by atoms with van der Waals surface area (Å²) in [5.74, 6) is 1.16. The van der Waals surface area contributed by atoms with Crippen LogP contribution in [0.3, 0.4) is 0 Å². The molecule has 2 aromatic carbocycles. The Morgan fingerprint density at radius 1 is 0.921 bits per heavy atom. The van der Waals surface area contributed by atoms with Gasteiger partial charge < -0.3 is 20.4 Å². The number of hydrogen-bond donors (Lipinski definition) is 2. The van der Waals surface area contributed by atoms with Gasteiger partial charge in [0.15, 0.2) is 0 Å². The molecule has 7 heteroatoms. The maximum absolute atomic E-state index is 13.2. The summed E-state index contributed by atoms with van der Waals surface area (Å²) < 4.78 is 0. The molecule has 3 amide bonds. The molecule has 2 saturated heterocycles. The molecule has 38 heavy (non-hydrogen) atoms. The van der Waals surface area contributed by atoms with Crippen LogP contribution in [0.2, 0.25) is 0 Å². The summed E-state index contributed by atoms with van der Waals surface area (Å²) in [4.78, 5) is 34.7. The topological polar surface area (TPSA) is 77.6 Å². The molecule has 0 saturated carbocycles. The predicted octanol–water partition coefficient (Wildman–Crippen LogP) is 4.86. The minimum Gasteiger partial charge on any atom is -0.342 e. The van der Waals surface area contributed by atoms with E-state index in [0.717, 1.165) is 87.1 Å². The molecule has 0 radical (unpaired) electrons. The lowest BCUT2D eigenvalue weighted by Gasteiger charge is -2.37. The molecule has 3 heterocycles. The van der Waals surface area contributed by atoms with E-state index < -0.39 is 0 Å². The number of likely N-dealkylation sites (tertiary alicyclic amines) is 2. The first-order valence-corrected chi connectivity index (χ1v) is 14.0. The number of anilines is 1. The van der Waals surface area contributed by atoms with Crippen LogP contribution in [0.25, 0.3) is 10.9 Å². The van der Waals surface area contributed by atoms with Gasteiger partial charge in [-0.05, 0) is 75.7 Å². The fourth-order valence-electron chi connectivity index (χ4n) is 5.87. The smallest absolute Gasteiger partial charge is 0.319 e.